The first-order valence-corrected chi connectivity index (χ1v) is 7.62. The van der Waals surface area contributed by atoms with E-state index in [2.05, 4.69) is 5.32 Å². The average Bonchev–Trinajstić information content (AvgIpc) is 2.85. The smallest absolute Gasteiger partial charge is 0.307 e. The van der Waals surface area contributed by atoms with Crippen LogP contribution >= 0.6 is 22.9 Å². The van der Waals surface area contributed by atoms with Crippen LogP contribution < -0.4 is 5.32 Å². The van der Waals surface area contributed by atoms with Crippen molar-refractivity contribution in [3.63, 3.8) is 0 Å². The number of allylic oxidation sites excluding steroid dienone is 2. The number of hydrogen-bond acceptors (Lipinski definition) is 3. The molecule has 1 aliphatic carbocycles. The summed E-state index contributed by atoms with van der Waals surface area (Å²) in [5.74, 6) is -2.27. The summed E-state index contributed by atoms with van der Waals surface area (Å²) < 4.78 is 0.671. The third kappa shape index (κ3) is 3.41. The number of carbonyl (C=O) groups excluding carboxylic acids is 1. The lowest BCUT2D eigenvalue weighted by Crippen LogP contribution is -2.39. The van der Waals surface area contributed by atoms with Gasteiger partial charge < -0.3 is 10.4 Å². The molecule has 0 spiro atoms. The fourth-order valence-corrected chi connectivity index (χ4v) is 3.39. The van der Waals surface area contributed by atoms with E-state index in [4.69, 9.17) is 11.6 Å². The van der Waals surface area contributed by atoms with Crippen LogP contribution in [-0.4, -0.2) is 17.0 Å². The monoisotopic (exact) mass is 313 g/mol. The van der Waals surface area contributed by atoms with E-state index in [-0.39, 0.29) is 11.9 Å². The van der Waals surface area contributed by atoms with Gasteiger partial charge in [0.15, 0.2) is 0 Å². The van der Waals surface area contributed by atoms with Crippen LogP contribution in [0.5, 0.6) is 0 Å². The minimum atomic E-state index is -0.915. The zero-order valence-electron chi connectivity index (χ0n) is 11.0. The van der Waals surface area contributed by atoms with Gasteiger partial charge in [-0.1, -0.05) is 23.8 Å². The van der Waals surface area contributed by atoms with Crippen LogP contribution in [0.3, 0.4) is 0 Å². The minimum Gasteiger partial charge on any atom is -0.481 e. The molecule has 108 valence electrons. The average molecular weight is 314 g/mol. The van der Waals surface area contributed by atoms with Crippen molar-refractivity contribution in [2.24, 2.45) is 11.8 Å². The minimum absolute atomic E-state index is 0.166. The molecule has 0 fully saturated rings. The largest absolute Gasteiger partial charge is 0.481 e. The van der Waals surface area contributed by atoms with Crippen molar-refractivity contribution in [2.75, 3.05) is 0 Å². The number of amides is 1. The van der Waals surface area contributed by atoms with Gasteiger partial charge in [-0.3, -0.25) is 9.59 Å². The molecule has 0 saturated carbocycles. The fraction of sp³-hybridized carbons (Fsp3) is 0.429. The highest BCUT2D eigenvalue weighted by molar-refractivity contribution is 7.16. The Morgan fingerprint density at radius 3 is 2.55 bits per heavy atom. The second-order valence-corrected chi connectivity index (χ2v) is 6.61. The van der Waals surface area contributed by atoms with Crippen molar-refractivity contribution in [3.8, 4) is 0 Å². The molecular formula is C14H16ClNO3S. The van der Waals surface area contributed by atoms with E-state index in [0.717, 1.165) is 4.88 Å². The SMILES string of the molecule is CC(NC(=O)[C@@H]1CC=CC[C@@H]1C(=O)O)c1ccc(Cl)s1. The number of thiophene rings is 1. The molecule has 1 aliphatic rings. The Morgan fingerprint density at radius 2 is 2.00 bits per heavy atom. The van der Waals surface area contributed by atoms with E-state index in [0.29, 0.717) is 17.2 Å². The molecule has 0 bridgehead atoms. The van der Waals surface area contributed by atoms with Gasteiger partial charge in [0, 0.05) is 4.88 Å². The molecule has 2 rings (SSSR count). The number of aliphatic carboxylic acids is 1. The Bertz CT molecular complexity index is 540. The van der Waals surface area contributed by atoms with Crippen molar-refractivity contribution in [1.29, 1.82) is 0 Å². The topological polar surface area (TPSA) is 66.4 Å². The third-order valence-electron chi connectivity index (χ3n) is 3.47. The van der Waals surface area contributed by atoms with Gasteiger partial charge >= 0.3 is 5.97 Å². The number of carboxylic acid groups (broad SMARTS) is 1. The first-order chi connectivity index (χ1) is 9.49. The number of hydrogen-bond donors (Lipinski definition) is 2. The van der Waals surface area contributed by atoms with E-state index in [9.17, 15) is 14.7 Å². The Hall–Kier alpha value is -1.33. The van der Waals surface area contributed by atoms with Crippen molar-refractivity contribution < 1.29 is 14.7 Å². The summed E-state index contributed by atoms with van der Waals surface area (Å²) >= 11 is 7.29. The molecular weight excluding hydrogens is 298 g/mol. The second kappa shape index (κ2) is 6.41. The third-order valence-corrected chi connectivity index (χ3v) is 4.88. The molecule has 3 atom stereocenters. The molecule has 0 saturated heterocycles. The zero-order valence-corrected chi connectivity index (χ0v) is 12.6. The lowest BCUT2D eigenvalue weighted by atomic mass is 9.82. The fourth-order valence-electron chi connectivity index (χ4n) is 2.33. The predicted molar refractivity (Wildman–Crippen MR) is 78.9 cm³/mol. The van der Waals surface area contributed by atoms with Gasteiger partial charge in [-0.05, 0) is 31.9 Å². The van der Waals surface area contributed by atoms with Gasteiger partial charge in [-0.2, -0.15) is 0 Å². The molecule has 0 aromatic carbocycles. The molecule has 1 aromatic rings. The summed E-state index contributed by atoms with van der Waals surface area (Å²) in [6.45, 7) is 1.87. The van der Waals surface area contributed by atoms with Crippen LogP contribution in [0.15, 0.2) is 24.3 Å². The molecule has 0 aliphatic heterocycles. The van der Waals surface area contributed by atoms with Crippen LogP contribution in [0.1, 0.15) is 30.7 Å². The summed E-state index contributed by atoms with van der Waals surface area (Å²) in [4.78, 5) is 24.4. The normalized spacial score (nSPS) is 23.3. The summed E-state index contributed by atoms with van der Waals surface area (Å²) in [6.07, 6.45) is 4.58. The molecule has 1 aromatic heterocycles. The molecule has 1 amide bonds. The quantitative estimate of drug-likeness (QED) is 0.839. The van der Waals surface area contributed by atoms with Gasteiger partial charge in [0.25, 0.3) is 0 Å². The molecule has 6 heteroatoms. The maximum absolute atomic E-state index is 12.3. The first kappa shape index (κ1) is 15.1. The summed E-state index contributed by atoms with van der Waals surface area (Å²) in [7, 11) is 0. The summed E-state index contributed by atoms with van der Waals surface area (Å²) in [5, 5.41) is 12.1. The van der Waals surface area contributed by atoms with Crippen LogP contribution in [0.25, 0.3) is 0 Å². The Kier molecular flexibility index (Phi) is 4.83. The molecule has 2 N–H and O–H groups in total. The second-order valence-electron chi connectivity index (χ2n) is 4.87. The zero-order chi connectivity index (χ0) is 14.7. The van der Waals surface area contributed by atoms with E-state index in [1.165, 1.54) is 11.3 Å². The number of carbonyl (C=O) groups is 2. The Morgan fingerprint density at radius 1 is 1.35 bits per heavy atom. The maximum Gasteiger partial charge on any atom is 0.307 e. The molecule has 0 radical (unpaired) electrons. The number of nitrogens with one attached hydrogen (secondary N) is 1. The number of rotatable bonds is 4. The number of halogens is 1. The van der Waals surface area contributed by atoms with Crippen LogP contribution in [0.4, 0.5) is 0 Å². The van der Waals surface area contributed by atoms with Crippen molar-refractivity contribution in [1.82, 2.24) is 5.32 Å². The summed E-state index contributed by atoms with van der Waals surface area (Å²) in [6, 6.07) is 3.49. The van der Waals surface area contributed by atoms with E-state index >= 15 is 0 Å². The highest BCUT2D eigenvalue weighted by atomic mass is 35.5. The van der Waals surface area contributed by atoms with E-state index in [1.54, 1.807) is 6.07 Å². The van der Waals surface area contributed by atoms with Crippen molar-refractivity contribution >= 4 is 34.8 Å². The standard InChI is InChI=1S/C14H16ClNO3S/c1-8(11-6-7-12(15)20-11)16-13(17)9-4-2-3-5-10(9)14(18)19/h2-3,6-10H,4-5H2,1H3,(H,16,17)(H,18,19)/t8?,9-,10+/m1/s1. The van der Waals surface area contributed by atoms with E-state index in [1.807, 2.05) is 25.1 Å². The van der Waals surface area contributed by atoms with Crippen LogP contribution in [0, 0.1) is 11.8 Å². The predicted octanol–water partition coefficient (Wildman–Crippen LogP) is 3.25. The lowest BCUT2D eigenvalue weighted by molar-refractivity contribution is -0.147. The summed E-state index contributed by atoms with van der Waals surface area (Å²) in [5.41, 5.74) is 0. The highest BCUT2D eigenvalue weighted by Crippen LogP contribution is 2.29. The molecule has 1 unspecified atom stereocenters. The van der Waals surface area contributed by atoms with Gasteiger partial charge in [0.1, 0.15) is 0 Å². The van der Waals surface area contributed by atoms with E-state index < -0.39 is 17.8 Å². The lowest BCUT2D eigenvalue weighted by Gasteiger charge is -2.25. The number of carboxylic acids is 1. The van der Waals surface area contributed by atoms with Gasteiger partial charge in [-0.25, -0.2) is 0 Å². The highest BCUT2D eigenvalue weighted by Gasteiger charge is 2.34. The molecule has 4 nitrogen and oxygen atoms in total. The molecule has 20 heavy (non-hydrogen) atoms. The van der Waals surface area contributed by atoms with Crippen molar-refractivity contribution in [2.45, 2.75) is 25.8 Å². The van der Waals surface area contributed by atoms with Gasteiger partial charge in [0.05, 0.1) is 22.2 Å². The van der Waals surface area contributed by atoms with Crippen LogP contribution in [0.2, 0.25) is 4.34 Å². The first-order valence-electron chi connectivity index (χ1n) is 6.42. The van der Waals surface area contributed by atoms with Gasteiger partial charge in [0.2, 0.25) is 5.91 Å². The Balaban J connectivity index is 2.03. The Labute approximate surface area is 126 Å². The van der Waals surface area contributed by atoms with Gasteiger partial charge in [-0.15, -0.1) is 11.3 Å². The molecule has 1 heterocycles. The maximum atomic E-state index is 12.3. The van der Waals surface area contributed by atoms with Crippen molar-refractivity contribution in [3.05, 3.63) is 33.5 Å². The van der Waals surface area contributed by atoms with Crippen LogP contribution in [-0.2, 0) is 9.59 Å².